The number of nitrogens with zero attached hydrogens (tertiary/aromatic N) is 1. The van der Waals surface area contributed by atoms with Gasteiger partial charge >= 0.3 is 0 Å². The molecule has 0 bridgehead atoms. The molecule has 5 heteroatoms. The number of amides is 1. The highest BCUT2D eigenvalue weighted by Gasteiger charge is 2.15. The van der Waals surface area contributed by atoms with Gasteiger partial charge in [-0.3, -0.25) is 9.78 Å². The first-order valence-electron chi connectivity index (χ1n) is 9.10. The number of methoxy groups -OCH3 is 1. The fourth-order valence-electron chi connectivity index (χ4n) is 2.98. The van der Waals surface area contributed by atoms with Crippen molar-refractivity contribution < 1.29 is 9.53 Å². The molecule has 2 heterocycles. The van der Waals surface area contributed by atoms with Crippen molar-refractivity contribution in [2.75, 3.05) is 7.11 Å². The molecular formula is C22H24N2O2S. The van der Waals surface area contributed by atoms with Crippen molar-refractivity contribution in [1.82, 2.24) is 10.3 Å². The second-order valence-electron chi connectivity index (χ2n) is 6.42. The first-order valence-corrected chi connectivity index (χ1v) is 10.0. The van der Waals surface area contributed by atoms with Crippen molar-refractivity contribution in [1.29, 1.82) is 0 Å². The number of benzene rings is 1. The van der Waals surface area contributed by atoms with Crippen LogP contribution in [0.4, 0.5) is 0 Å². The Hall–Kier alpha value is -2.66. The SMILES string of the molecule is CCC[C@@H](NC(=O)Cc1ccc(-c2ccsc2)cc1)c1ccc(OC)cn1. The standard InChI is InChI=1S/C22H24N2O2S/c1-3-4-21(20-10-9-19(26-2)14-23-20)24-22(25)13-16-5-7-17(8-6-16)18-11-12-27-15-18/h5-12,14-15,21H,3-4,13H2,1-2H3,(H,24,25)/t21-/m1/s1. The van der Waals surface area contributed by atoms with Crippen LogP contribution in [0.3, 0.4) is 0 Å². The van der Waals surface area contributed by atoms with Gasteiger partial charge in [0.25, 0.3) is 0 Å². The van der Waals surface area contributed by atoms with Gasteiger partial charge in [-0.2, -0.15) is 11.3 Å². The molecule has 140 valence electrons. The number of rotatable bonds is 8. The molecule has 0 aliphatic heterocycles. The molecule has 0 aliphatic carbocycles. The molecule has 0 radical (unpaired) electrons. The van der Waals surface area contributed by atoms with Gasteiger partial charge in [-0.15, -0.1) is 0 Å². The van der Waals surface area contributed by atoms with E-state index in [9.17, 15) is 4.79 Å². The van der Waals surface area contributed by atoms with E-state index < -0.39 is 0 Å². The zero-order chi connectivity index (χ0) is 19.1. The summed E-state index contributed by atoms with van der Waals surface area (Å²) in [5.41, 5.74) is 4.25. The van der Waals surface area contributed by atoms with E-state index in [4.69, 9.17) is 4.74 Å². The summed E-state index contributed by atoms with van der Waals surface area (Å²) in [6, 6.07) is 14.0. The average Bonchev–Trinajstić information content (AvgIpc) is 3.23. The first kappa shape index (κ1) is 19.1. The van der Waals surface area contributed by atoms with Crippen LogP contribution in [-0.4, -0.2) is 18.0 Å². The fraction of sp³-hybridized carbons (Fsp3) is 0.273. The van der Waals surface area contributed by atoms with Gasteiger partial charge in [-0.1, -0.05) is 37.6 Å². The summed E-state index contributed by atoms with van der Waals surface area (Å²) in [7, 11) is 1.62. The summed E-state index contributed by atoms with van der Waals surface area (Å²) in [4.78, 5) is 17.0. The number of aromatic nitrogens is 1. The minimum atomic E-state index is -0.0847. The lowest BCUT2D eigenvalue weighted by Crippen LogP contribution is -2.30. The second kappa shape index (κ2) is 9.33. The molecular weight excluding hydrogens is 356 g/mol. The van der Waals surface area contributed by atoms with Crippen molar-refractivity contribution in [3.63, 3.8) is 0 Å². The Kier molecular flexibility index (Phi) is 6.60. The zero-order valence-corrected chi connectivity index (χ0v) is 16.5. The number of pyridine rings is 1. The lowest BCUT2D eigenvalue weighted by atomic mass is 10.0. The van der Waals surface area contributed by atoms with Crippen molar-refractivity contribution >= 4 is 17.2 Å². The number of thiophene rings is 1. The molecule has 1 aromatic carbocycles. The molecule has 1 amide bonds. The van der Waals surface area contributed by atoms with E-state index in [0.717, 1.165) is 24.1 Å². The molecule has 1 atom stereocenters. The maximum absolute atomic E-state index is 12.5. The van der Waals surface area contributed by atoms with Crippen molar-refractivity contribution in [3.8, 4) is 16.9 Å². The minimum Gasteiger partial charge on any atom is -0.495 e. The number of hydrogen-bond donors (Lipinski definition) is 1. The summed E-state index contributed by atoms with van der Waals surface area (Å²) in [5, 5.41) is 7.31. The van der Waals surface area contributed by atoms with Crippen LogP contribution in [0.15, 0.2) is 59.4 Å². The predicted molar refractivity (Wildman–Crippen MR) is 110 cm³/mol. The lowest BCUT2D eigenvalue weighted by molar-refractivity contribution is -0.121. The Bertz CT molecular complexity index is 843. The third-order valence-corrected chi connectivity index (χ3v) is 5.12. The monoisotopic (exact) mass is 380 g/mol. The Labute approximate surface area is 164 Å². The van der Waals surface area contributed by atoms with Crippen LogP contribution in [0.5, 0.6) is 5.75 Å². The van der Waals surface area contributed by atoms with Gasteiger partial charge in [0, 0.05) is 0 Å². The van der Waals surface area contributed by atoms with Gasteiger partial charge in [-0.25, -0.2) is 0 Å². The van der Waals surface area contributed by atoms with E-state index in [1.807, 2.05) is 24.3 Å². The maximum Gasteiger partial charge on any atom is 0.224 e. The number of hydrogen-bond acceptors (Lipinski definition) is 4. The molecule has 0 fully saturated rings. The van der Waals surface area contributed by atoms with Gasteiger partial charge in [0.15, 0.2) is 0 Å². The smallest absolute Gasteiger partial charge is 0.224 e. The highest BCUT2D eigenvalue weighted by molar-refractivity contribution is 7.08. The second-order valence-corrected chi connectivity index (χ2v) is 7.20. The van der Waals surface area contributed by atoms with Crippen molar-refractivity contribution in [3.05, 3.63) is 70.7 Å². The van der Waals surface area contributed by atoms with Gasteiger partial charge in [0.2, 0.25) is 5.91 Å². The van der Waals surface area contributed by atoms with Crippen LogP contribution >= 0.6 is 11.3 Å². The number of carbonyl (C=O) groups excluding carboxylic acids is 1. The lowest BCUT2D eigenvalue weighted by Gasteiger charge is -2.18. The number of ether oxygens (including phenoxy) is 1. The summed E-state index contributed by atoms with van der Waals surface area (Å²) in [5.74, 6) is 0.723. The molecule has 0 unspecified atom stereocenters. The van der Waals surface area contributed by atoms with E-state index in [0.29, 0.717) is 12.2 Å². The van der Waals surface area contributed by atoms with Crippen molar-refractivity contribution in [2.24, 2.45) is 0 Å². The summed E-state index contributed by atoms with van der Waals surface area (Å²) >= 11 is 1.68. The normalized spacial score (nSPS) is 11.8. The van der Waals surface area contributed by atoms with Crippen LogP contribution < -0.4 is 10.1 Å². The highest BCUT2D eigenvalue weighted by Crippen LogP contribution is 2.23. The van der Waals surface area contributed by atoms with Crippen LogP contribution in [-0.2, 0) is 11.2 Å². The third kappa shape index (κ3) is 5.17. The van der Waals surface area contributed by atoms with Gasteiger partial charge in [0.1, 0.15) is 5.75 Å². The molecule has 1 N–H and O–H groups in total. The molecule has 3 rings (SSSR count). The van der Waals surface area contributed by atoms with Gasteiger partial charge in [0.05, 0.1) is 31.5 Å². The molecule has 0 saturated carbocycles. The quantitative estimate of drug-likeness (QED) is 0.597. The fourth-order valence-corrected chi connectivity index (χ4v) is 3.64. The first-order chi connectivity index (χ1) is 13.2. The molecule has 0 aliphatic rings. The Morgan fingerprint density at radius 2 is 1.96 bits per heavy atom. The van der Waals surface area contributed by atoms with Gasteiger partial charge < -0.3 is 10.1 Å². The average molecular weight is 381 g/mol. The highest BCUT2D eigenvalue weighted by atomic mass is 32.1. The van der Waals surface area contributed by atoms with Gasteiger partial charge in [-0.05, 0) is 52.1 Å². The molecule has 0 saturated heterocycles. The molecule has 3 aromatic rings. The summed E-state index contributed by atoms with van der Waals surface area (Å²) in [6.07, 6.45) is 3.86. The molecule has 4 nitrogen and oxygen atoms in total. The predicted octanol–water partition coefficient (Wildman–Crippen LogP) is 5.02. The van der Waals surface area contributed by atoms with Crippen molar-refractivity contribution in [2.45, 2.75) is 32.2 Å². The maximum atomic E-state index is 12.5. The molecule has 27 heavy (non-hydrogen) atoms. The van der Waals surface area contributed by atoms with E-state index >= 15 is 0 Å². The topological polar surface area (TPSA) is 51.2 Å². The Morgan fingerprint density at radius 1 is 1.15 bits per heavy atom. The van der Waals surface area contributed by atoms with E-state index in [-0.39, 0.29) is 11.9 Å². The minimum absolute atomic E-state index is 0.00866. The van der Waals surface area contributed by atoms with Crippen LogP contribution in [0, 0.1) is 0 Å². The number of nitrogens with one attached hydrogen (secondary N) is 1. The zero-order valence-electron chi connectivity index (χ0n) is 15.6. The largest absolute Gasteiger partial charge is 0.495 e. The summed E-state index contributed by atoms with van der Waals surface area (Å²) in [6.45, 7) is 2.10. The molecule has 2 aromatic heterocycles. The van der Waals surface area contributed by atoms with E-state index in [1.165, 1.54) is 11.1 Å². The van der Waals surface area contributed by atoms with E-state index in [2.05, 4.69) is 46.2 Å². The Morgan fingerprint density at radius 3 is 2.56 bits per heavy atom. The Balaban J connectivity index is 1.63. The third-order valence-electron chi connectivity index (χ3n) is 4.44. The number of carbonyl (C=O) groups is 1. The van der Waals surface area contributed by atoms with Crippen LogP contribution in [0.25, 0.3) is 11.1 Å². The van der Waals surface area contributed by atoms with Crippen LogP contribution in [0.1, 0.15) is 37.1 Å². The van der Waals surface area contributed by atoms with E-state index in [1.54, 1.807) is 24.6 Å². The molecule has 0 spiro atoms. The van der Waals surface area contributed by atoms with Crippen LogP contribution in [0.2, 0.25) is 0 Å². The summed E-state index contributed by atoms with van der Waals surface area (Å²) < 4.78 is 5.16.